The maximum Gasteiger partial charge on any atom is 0.344 e. The number of morpholine rings is 1. The number of carbonyl (C=O) groups excluding carboxylic acids is 1. The van der Waals surface area contributed by atoms with Crippen LogP contribution in [0.2, 0.25) is 0 Å². The lowest BCUT2D eigenvalue weighted by Crippen LogP contribution is -2.44. The lowest BCUT2D eigenvalue weighted by molar-refractivity contribution is 0.122. The number of urea groups is 1. The minimum atomic E-state index is -0.163. The molecule has 2 amide bonds. The molecule has 0 bridgehead atoms. The summed E-state index contributed by atoms with van der Waals surface area (Å²) in [7, 11) is 5.03. The third-order valence-electron chi connectivity index (χ3n) is 6.34. The maximum atomic E-state index is 13.5. The first kappa shape index (κ1) is 22.9. The van der Waals surface area contributed by atoms with Crippen LogP contribution in [0.5, 0.6) is 11.5 Å². The molecule has 4 rings (SSSR count). The third-order valence-corrected chi connectivity index (χ3v) is 6.34. The van der Waals surface area contributed by atoms with Gasteiger partial charge in [0.25, 0.3) is 0 Å². The summed E-state index contributed by atoms with van der Waals surface area (Å²) in [5.41, 5.74) is 3.97. The summed E-state index contributed by atoms with van der Waals surface area (Å²) in [6.45, 7) is 5.32. The first-order valence-corrected chi connectivity index (χ1v) is 11.3. The predicted molar refractivity (Wildman–Crippen MR) is 130 cm³/mol. The van der Waals surface area contributed by atoms with Crippen LogP contribution in [0.1, 0.15) is 24.5 Å². The number of nitrogens with zero attached hydrogens (tertiary/aromatic N) is 4. The number of benzene rings is 2. The summed E-state index contributed by atoms with van der Waals surface area (Å²) in [6, 6.07) is 11.7. The van der Waals surface area contributed by atoms with E-state index in [1.165, 1.54) is 0 Å². The van der Waals surface area contributed by atoms with E-state index < -0.39 is 0 Å². The van der Waals surface area contributed by atoms with Gasteiger partial charge in [0.15, 0.2) is 11.5 Å². The van der Waals surface area contributed by atoms with Crippen molar-refractivity contribution < 1.29 is 19.0 Å². The van der Waals surface area contributed by atoms with E-state index >= 15 is 0 Å². The van der Waals surface area contributed by atoms with Crippen LogP contribution in [-0.4, -0.2) is 70.9 Å². The van der Waals surface area contributed by atoms with Crippen molar-refractivity contribution in [3.05, 3.63) is 47.5 Å². The fourth-order valence-corrected chi connectivity index (χ4v) is 4.29. The van der Waals surface area contributed by atoms with Gasteiger partial charge in [0.2, 0.25) is 0 Å². The standard InChI is InChI=1S/C25H32N4O4/c1-5-20-14-18-15-23(31-3)24(32-4)16-19(18)17-26-29(20)25(30)27(2)21-6-8-22(9-7-21)28-10-12-33-13-11-28/h6-9,15-17,20H,5,10-14H2,1-4H3. The Bertz CT molecular complexity index is 1000. The average molecular weight is 453 g/mol. The lowest BCUT2D eigenvalue weighted by Gasteiger charge is -2.31. The Morgan fingerprint density at radius 1 is 1.12 bits per heavy atom. The van der Waals surface area contributed by atoms with Gasteiger partial charge in [0.1, 0.15) is 0 Å². The van der Waals surface area contributed by atoms with Crippen LogP contribution >= 0.6 is 0 Å². The number of carbonyl (C=O) groups is 1. The molecule has 0 N–H and O–H groups in total. The van der Waals surface area contributed by atoms with Crippen molar-refractivity contribution in [2.75, 3.05) is 57.4 Å². The van der Waals surface area contributed by atoms with E-state index in [1.807, 2.05) is 24.3 Å². The van der Waals surface area contributed by atoms with Gasteiger partial charge in [0, 0.05) is 37.1 Å². The van der Waals surface area contributed by atoms with Crippen LogP contribution < -0.4 is 19.3 Å². The number of methoxy groups -OCH3 is 2. The second-order valence-electron chi connectivity index (χ2n) is 8.22. The largest absolute Gasteiger partial charge is 0.493 e. The third kappa shape index (κ3) is 4.75. The zero-order chi connectivity index (χ0) is 23.4. The minimum Gasteiger partial charge on any atom is -0.493 e. The van der Waals surface area contributed by atoms with Crippen LogP contribution in [0.3, 0.4) is 0 Å². The normalized spacial score (nSPS) is 17.9. The Balaban J connectivity index is 1.54. The number of rotatable bonds is 5. The molecule has 1 fully saturated rings. The summed E-state index contributed by atoms with van der Waals surface area (Å²) >= 11 is 0. The highest BCUT2D eigenvalue weighted by atomic mass is 16.5. The Hall–Kier alpha value is -3.26. The highest BCUT2D eigenvalue weighted by Crippen LogP contribution is 2.33. The molecule has 1 saturated heterocycles. The molecule has 0 saturated carbocycles. The van der Waals surface area contributed by atoms with Gasteiger partial charge in [-0.3, -0.25) is 4.90 Å². The Labute approximate surface area is 195 Å². The molecule has 33 heavy (non-hydrogen) atoms. The minimum absolute atomic E-state index is 0.0665. The quantitative estimate of drug-likeness (QED) is 0.691. The molecule has 2 aromatic carbocycles. The highest BCUT2D eigenvalue weighted by molar-refractivity contribution is 5.93. The Kier molecular flexibility index (Phi) is 7.03. The summed E-state index contributed by atoms with van der Waals surface area (Å²) in [6.07, 6.45) is 3.20. The molecule has 0 aliphatic carbocycles. The molecular formula is C25H32N4O4. The van der Waals surface area contributed by atoms with E-state index in [4.69, 9.17) is 14.2 Å². The molecule has 2 aromatic rings. The van der Waals surface area contributed by atoms with Gasteiger partial charge in [-0.1, -0.05) is 6.92 Å². The summed E-state index contributed by atoms with van der Waals surface area (Å²) in [4.78, 5) is 17.4. The van der Waals surface area contributed by atoms with E-state index in [9.17, 15) is 4.79 Å². The molecule has 0 aromatic heterocycles. The SMILES string of the molecule is CCC1Cc2cc(OC)c(OC)cc2C=NN1C(=O)N(C)c1ccc(N2CCOCC2)cc1. The van der Waals surface area contributed by atoms with Crippen LogP contribution in [0, 0.1) is 0 Å². The zero-order valence-electron chi connectivity index (χ0n) is 19.8. The van der Waals surface area contributed by atoms with E-state index in [0.29, 0.717) is 17.9 Å². The fourth-order valence-electron chi connectivity index (χ4n) is 4.29. The van der Waals surface area contributed by atoms with Gasteiger partial charge >= 0.3 is 6.03 Å². The van der Waals surface area contributed by atoms with Crippen molar-refractivity contribution in [1.29, 1.82) is 0 Å². The number of ether oxygens (including phenoxy) is 3. The van der Waals surface area contributed by atoms with Gasteiger partial charge < -0.3 is 19.1 Å². The van der Waals surface area contributed by atoms with Gasteiger partial charge in [-0.2, -0.15) is 5.10 Å². The molecule has 2 aliphatic heterocycles. The number of fused-ring (bicyclic) bond motifs is 1. The zero-order valence-corrected chi connectivity index (χ0v) is 19.8. The maximum absolute atomic E-state index is 13.5. The van der Waals surface area contributed by atoms with E-state index in [0.717, 1.165) is 55.2 Å². The second-order valence-corrected chi connectivity index (χ2v) is 8.22. The van der Waals surface area contributed by atoms with Crippen molar-refractivity contribution in [2.45, 2.75) is 25.8 Å². The molecule has 8 nitrogen and oxygen atoms in total. The van der Waals surface area contributed by atoms with Crippen LogP contribution in [-0.2, 0) is 11.2 Å². The molecule has 1 unspecified atom stereocenters. The summed E-state index contributed by atoms with van der Waals surface area (Å²) in [5, 5.41) is 6.18. The van der Waals surface area contributed by atoms with Crippen LogP contribution in [0.25, 0.3) is 0 Å². The summed E-state index contributed by atoms with van der Waals surface area (Å²) < 4.78 is 16.3. The monoisotopic (exact) mass is 452 g/mol. The first-order chi connectivity index (χ1) is 16.0. The van der Waals surface area contributed by atoms with Gasteiger partial charge in [-0.05, 0) is 54.8 Å². The predicted octanol–water partition coefficient (Wildman–Crippen LogP) is 3.77. The summed E-state index contributed by atoms with van der Waals surface area (Å²) in [5.74, 6) is 1.32. The Morgan fingerprint density at radius 3 is 2.42 bits per heavy atom. The van der Waals surface area contributed by atoms with E-state index in [1.54, 1.807) is 37.4 Å². The molecule has 1 atom stereocenters. The molecule has 8 heteroatoms. The Morgan fingerprint density at radius 2 is 1.79 bits per heavy atom. The smallest absolute Gasteiger partial charge is 0.344 e. The number of hydrogen-bond acceptors (Lipinski definition) is 6. The first-order valence-electron chi connectivity index (χ1n) is 11.3. The second kappa shape index (κ2) is 10.1. The number of anilines is 2. The van der Waals surface area contributed by atoms with Gasteiger partial charge in [-0.15, -0.1) is 0 Å². The molecule has 176 valence electrons. The molecular weight excluding hydrogens is 420 g/mol. The number of amides is 2. The van der Waals surface area contributed by atoms with E-state index in [-0.39, 0.29) is 12.1 Å². The van der Waals surface area contributed by atoms with Gasteiger partial charge in [0.05, 0.1) is 39.7 Å². The molecule has 0 spiro atoms. The van der Waals surface area contributed by atoms with E-state index in [2.05, 4.69) is 29.1 Å². The average Bonchev–Trinajstić information content (AvgIpc) is 3.06. The van der Waals surface area contributed by atoms with Crippen molar-refractivity contribution >= 4 is 23.6 Å². The van der Waals surface area contributed by atoms with Crippen LogP contribution in [0.15, 0.2) is 41.5 Å². The van der Waals surface area contributed by atoms with Crippen LogP contribution in [0.4, 0.5) is 16.2 Å². The van der Waals surface area contributed by atoms with Crippen molar-refractivity contribution in [3.63, 3.8) is 0 Å². The molecule has 2 heterocycles. The van der Waals surface area contributed by atoms with Crippen molar-refractivity contribution in [1.82, 2.24) is 5.01 Å². The fraction of sp³-hybridized carbons (Fsp3) is 0.440. The molecule has 2 aliphatic rings. The van der Waals surface area contributed by atoms with Crippen molar-refractivity contribution in [2.24, 2.45) is 5.10 Å². The van der Waals surface area contributed by atoms with Gasteiger partial charge in [-0.25, -0.2) is 9.80 Å². The number of hydrazone groups is 1. The number of hydrogen-bond donors (Lipinski definition) is 0. The molecule has 0 radical (unpaired) electrons. The lowest BCUT2D eigenvalue weighted by atomic mass is 9.99. The van der Waals surface area contributed by atoms with Crippen molar-refractivity contribution in [3.8, 4) is 11.5 Å². The highest BCUT2D eigenvalue weighted by Gasteiger charge is 2.29. The topological polar surface area (TPSA) is 66.8 Å².